The van der Waals surface area contributed by atoms with Gasteiger partial charge in [0.15, 0.2) is 0 Å². The number of thiophene rings is 1. The number of hydrogen-bond acceptors (Lipinski definition) is 3. The second-order valence-electron chi connectivity index (χ2n) is 6.86. The number of nitrogens with zero attached hydrogens (tertiary/aromatic N) is 1. The zero-order valence-electron chi connectivity index (χ0n) is 12.7. The lowest BCUT2D eigenvalue weighted by Crippen LogP contribution is -2.26. The second kappa shape index (κ2) is 4.69. The Morgan fingerprint density at radius 2 is 2.15 bits per heavy atom. The molecule has 0 amide bonds. The predicted molar refractivity (Wildman–Crippen MR) is 84.6 cm³/mol. The Kier molecular flexibility index (Phi) is 3.24. The van der Waals surface area contributed by atoms with Crippen molar-refractivity contribution < 1.29 is 0 Å². The molecule has 0 radical (unpaired) electrons. The van der Waals surface area contributed by atoms with E-state index < -0.39 is 0 Å². The minimum absolute atomic E-state index is 0.0542. The van der Waals surface area contributed by atoms with E-state index in [1.165, 1.54) is 16.9 Å². The highest BCUT2D eigenvalue weighted by molar-refractivity contribution is 7.18. The lowest BCUT2D eigenvalue weighted by atomic mass is 9.72. The molecule has 0 saturated heterocycles. The number of nitrogens with one attached hydrogen (secondary N) is 1. The third kappa shape index (κ3) is 2.20. The number of aromatic nitrogens is 2. The van der Waals surface area contributed by atoms with Gasteiger partial charge in [0.05, 0.1) is 5.39 Å². The Morgan fingerprint density at radius 3 is 2.80 bits per heavy atom. The van der Waals surface area contributed by atoms with Crippen molar-refractivity contribution in [3.63, 3.8) is 0 Å². The molecule has 0 aliphatic heterocycles. The molecule has 0 bridgehead atoms. The Labute approximate surface area is 123 Å². The fraction of sp³-hybridized carbons (Fsp3) is 0.625. The van der Waals surface area contributed by atoms with Gasteiger partial charge in [-0.2, -0.15) is 0 Å². The number of fused-ring (bicyclic) bond motifs is 3. The van der Waals surface area contributed by atoms with Crippen LogP contribution in [0.25, 0.3) is 10.2 Å². The van der Waals surface area contributed by atoms with E-state index in [0.29, 0.717) is 11.3 Å². The number of aromatic amines is 1. The monoisotopic (exact) mass is 290 g/mol. The maximum atomic E-state index is 12.3. The fourth-order valence-electron chi connectivity index (χ4n) is 3.14. The van der Waals surface area contributed by atoms with E-state index in [1.54, 1.807) is 11.3 Å². The summed E-state index contributed by atoms with van der Waals surface area (Å²) in [6.07, 6.45) is 4.07. The molecule has 1 N–H and O–H groups in total. The summed E-state index contributed by atoms with van der Waals surface area (Å²) < 4.78 is 0. The third-order valence-electron chi connectivity index (χ3n) is 4.53. The van der Waals surface area contributed by atoms with E-state index in [-0.39, 0.29) is 5.56 Å². The highest BCUT2D eigenvalue weighted by atomic mass is 32.1. The van der Waals surface area contributed by atoms with Crippen LogP contribution in [0.1, 0.15) is 50.4 Å². The maximum Gasteiger partial charge on any atom is 0.259 e. The summed E-state index contributed by atoms with van der Waals surface area (Å²) in [4.78, 5) is 22.1. The summed E-state index contributed by atoms with van der Waals surface area (Å²) in [5.74, 6) is 1.50. The van der Waals surface area contributed by atoms with Crippen molar-refractivity contribution in [1.29, 1.82) is 0 Å². The molecule has 1 aliphatic rings. The minimum Gasteiger partial charge on any atom is -0.310 e. The zero-order valence-corrected chi connectivity index (χ0v) is 13.5. The molecule has 20 heavy (non-hydrogen) atoms. The lowest BCUT2D eigenvalue weighted by molar-refractivity contribution is 0.218. The molecule has 3 rings (SSSR count). The van der Waals surface area contributed by atoms with Gasteiger partial charge in [-0.1, -0.05) is 27.7 Å². The number of aryl methyl sites for hydroxylation is 2. The first-order chi connectivity index (χ1) is 9.40. The van der Waals surface area contributed by atoms with Gasteiger partial charge >= 0.3 is 0 Å². The average Bonchev–Trinajstić information content (AvgIpc) is 2.74. The molecule has 0 fully saturated rings. The topological polar surface area (TPSA) is 45.8 Å². The van der Waals surface area contributed by atoms with Crippen LogP contribution in [0, 0.1) is 11.3 Å². The summed E-state index contributed by atoms with van der Waals surface area (Å²) in [6, 6.07) is 0. The first-order valence-corrected chi connectivity index (χ1v) is 8.25. The minimum atomic E-state index is 0.0542. The number of rotatable bonds is 1. The summed E-state index contributed by atoms with van der Waals surface area (Å²) >= 11 is 1.73. The van der Waals surface area contributed by atoms with Crippen LogP contribution in [0.4, 0.5) is 0 Å². The van der Waals surface area contributed by atoms with Crippen molar-refractivity contribution in [2.45, 2.75) is 53.4 Å². The van der Waals surface area contributed by atoms with E-state index in [2.05, 4.69) is 30.7 Å². The van der Waals surface area contributed by atoms with E-state index >= 15 is 0 Å². The lowest BCUT2D eigenvalue weighted by Gasteiger charge is -2.33. The van der Waals surface area contributed by atoms with Gasteiger partial charge in [0.1, 0.15) is 10.7 Å². The van der Waals surface area contributed by atoms with Gasteiger partial charge in [0, 0.05) is 11.3 Å². The molecule has 2 aromatic rings. The summed E-state index contributed by atoms with van der Waals surface area (Å²) in [5.41, 5.74) is 1.66. The average molecular weight is 290 g/mol. The first-order valence-electron chi connectivity index (χ1n) is 7.43. The van der Waals surface area contributed by atoms with Gasteiger partial charge in [0.2, 0.25) is 0 Å². The van der Waals surface area contributed by atoms with Crippen LogP contribution in [0.5, 0.6) is 0 Å². The molecular formula is C16H22N2OS. The largest absolute Gasteiger partial charge is 0.310 e. The van der Waals surface area contributed by atoms with E-state index in [4.69, 9.17) is 0 Å². The van der Waals surface area contributed by atoms with Gasteiger partial charge in [0.25, 0.3) is 5.56 Å². The van der Waals surface area contributed by atoms with Crippen LogP contribution >= 0.6 is 11.3 Å². The van der Waals surface area contributed by atoms with Crippen LogP contribution in [0.3, 0.4) is 0 Å². The Balaban J connectivity index is 2.11. The quantitative estimate of drug-likeness (QED) is 0.870. The van der Waals surface area contributed by atoms with E-state index in [1.807, 2.05) is 6.92 Å². The fourth-order valence-corrected chi connectivity index (χ4v) is 4.45. The second-order valence-corrected chi connectivity index (χ2v) is 7.94. The smallest absolute Gasteiger partial charge is 0.259 e. The third-order valence-corrected chi connectivity index (χ3v) is 5.68. The van der Waals surface area contributed by atoms with E-state index in [0.717, 1.165) is 35.3 Å². The number of H-pyrrole nitrogens is 1. The standard InChI is InChI=1S/C16H22N2OS/c1-5-12-17-14(19)13-10-7-6-9(16(2,3)4)8-11(10)20-15(13)18-12/h9H,5-8H2,1-4H3,(H,17,18,19)/t9-/m0/s1. The molecule has 4 heteroatoms. The molecule has 1 atom stereocenters. The molecule has 2 aromatic heterocycles. The van der Waals surface area contributed by atoms with Gasteiger partial charge in [-0.25, -0.2) is 4.98 Å². The SMILES string of the molecule is CCc1nc2sc3c(c2c(=O)[nH]1)CC[C@H](C(C)(C)C)C3. The molecule has 3 nitrogen and oxygen atoms in total. The summed E-state index contributed by atoms with van der Waals surface area (Å²) in [7, 11) is 0. The van der Waals surface area contributed by atoms with Crippen molar-refractivity contribution in [1.82, 2.24) is 9.97 Å². The highest BCUT2D eigenvalue weighted by Gasteiger charge is 2.31. The normalized spacial score (nSPS) is 19.3. The van der Waals surface area contributed by atoms with Crippen molar-refractivity contribution in [2.24, 2.45) is 11.3 Å². The molecule has 108 valence electrons. The van der Waals surface area contributed by atoms with Crippen molar-refractivity contribution in [2.75, 3.05) is 0 Å². The van der Waals surface area contributed by atoms with Gasteiger partial charge < -0.3 is 4.98 Å². The zero-order chi connectivity index (χ0) is 14.5. The van der Waals surface area contributed by atoms with Crippen molar-refractivity contribution in [3.05, 3.63) is 26.6 Å². The van der Waals surface area contributed by atoms with Crippen LogP contribution < -0.4 is 5.56 Å². The molecule has 0 spiro atoms. The molecule has 2 heterocycles. The molecule has 1 aliphatic carbocycles. The molecule has 0 unspecified atom stereocenters. The van der Waals surface area contributed by atoms with Crippen molar-refractivity contribution in [3.8, 4) is 0 Å². The van der Waals surface area contributed by atoms with Crippen LogP contribution in [-0.2, 0) is 19.3 Å². The van der Waals surface area contributed by atoms with E-state index in [9.17, 15) is 4.79 Å². The van der Waals surface area contributed by atoms with Gasteiger partial charge in [-0.05, 0) is 36.2 Å². The Hall–Kier alpha value is -1.16. The first kappa shape index (κ1) is 13.8. The van der Waals surface area contributed by atoms with Gasteiger partial charge in [-0.15, -0.1) is 11.3 Å². The summed E-state index contributed by atoms with van der Waals surface area (Å²) in [5, 5.41) is 0.856. The van der Waals surface area contributed by atoms with Crippen LogP contribution in [0.15, 0.2) is 4.79 Å². The Morgan fingerprint density at radius 1 is 1.40 bits per heavy atom. The number of hydrogen-bond donors (Lipinski definition) is 1. The predicted octanol–water partition coefficient (Wildman–Crippen LogP) is 3.70. The maximum absolute atomic E-state index is 12.3. The van der Waals surface area contributed by atoms with Gasteiger partial charge in [-0.3, -0.25) is 4.79 Å². The molecule has 0 aromatic carbocycles. The molecular weight excluding hydrogens is 268 g/mol. The highest BCUT2D eigenvalue weighted by Crippen LogP contribution is 2.41. The van der Waals surface area contributed by atoms with Crippen molar-refractivity contribution >= 4 is 21.6 Å². The Bertz CT molecular complexity index is 706. The van der Waals surface area contributed by atoms with Crippen LogP contribution in [0.2, 0.25) is 0 Å². The summed E-state index contributed by atoms with van der Waals surface area (Å²) in [6.45, 7) is 8.97. The molecule has 0 saturated carbocycles. The van der Waals surface area contributed by atoms with Crippen LogP contribution in [-0.4, -0.2) is 9.97 Å².